The minimum absolute atomic E-state index is 0.249. The summed E-state index contributed by atoms with van der Waals surface area (Å²) in [6.07, 6.45) is 0. The van der Waals surface area contributed by atoms with Gasteiger partial charge in [-0.05, 0) is 18.2 Å². The highest BCUT2D eigenvalue weighted by molar-refractivity contribution is 5.93. The van der Waals surface area contributed by atoms with E-state index in [0.717, 1.165) is 5.56 Å². The average Bonchev–Trinajstić information content (AvgIpc) is 3.03. The van der Waals surface area contributed by atoms with E-state index >= 15 is 0 Å². The van der Waals surface area contributed by atoms with Gasteiger partial charge in [0.2, 0.25) is 5.91 Å². The molecule has 0 aliphatic carbocycles. The first kappa shape index (κ1) is 13.9. The fourth-order valence-corrected chi connectivity index (χ4v) is 2.01. The molecule has 0 spiro atoms. The van der Waals surface area contributed by atoms with Gasteiger partial charge in [0.15, 0.2) is 5.76 Å². The van der Waals surface area contributed by atoms with Crippen LogP contribution in [0.15, 0.2) is 65.2 Å². The molecule has 3 rings (SSSR count). The van der Waals surface area contributed by atoms with Gasteiger partial charge >= 0.3 is 0 Å². The van der Waals surface area contributed by atoms with Gasteiger partial charge in [0.05, 0.1) is 0 Å². The Bertz CT molecular complexity index is 781. The lowest BCUT2D eigenvalue weighted by molar-refractivity contribution is 0.1000. The standard InChI is InChI=1S/C17H14N2O3/c18-17(20)13-7-4-8-15(9-13)21-11-14-10-16(22-19-14)12-5-2-1-3-6-12/h1-10H,11H2,(H2,18,20). The molecule has 5 nitrogen and oxygen atoms in total. The fraction of sp³-hybridized carbons (Fsp3) is 0.0588. The van der Waals surface area contributed by atoms with Gasteiger partial charge in [0, 0.05) is 17.2 Å². The van der Waals surface area contributed by atoms with Crippen molar-refractivity contribution in [1.29, 1.82) is 0 Å². The van der Waals surface area contributed by atoms with Gasteiger partial charge in [-0.3, -0.25) is 4.79 Å². The molecule has 0 aliphatic rings. The predicted octanol–water partition coefficient (Wildman–Crippen LogP) is 3.02. The molecule has 3 aromatic rings. The Hall–Kier alpha value is -3.08. The number of rotatable bonds is 5. The summed E-state index contributed by atoms with van der Waals surface area (Å²) < 4.78 is 10.9. The van der Waals surface area contributed by atoms with Gasteiger partial charge in [0.1, 0.15) is 18.1 Å². The molecule has 0 saturated carbocycles. The molecule has 22 heavy (non-hydrogen) atoms. The topological polar surface area (TPSA) is 78.4 Å². The summed E-state index contributed by atoms with van der Waals surface area (Å²) >= 11 is 0. The number of hydrogen-bond donors (Lipinski definition) is 1. The van der Waals surface area contributed by atoms with Crippen LogP contribution in [0.25, 0.3) is 11.3 Å². The molecule has 1 amide bonds. The second-order valence-electron chi connectivity index (χ2n) is 4.73. The second kappa shape index (κ2) is 6.13. The maximum atomic E-state index is 11.1. The van der Waals surface area contributed by atoms with Crippen molar-refractivity contribution in [2.24, 2.45) is 5.73 Å². The SMILES string of the molecule is NC(=O)c1cccc(OCc2cc(-c3ccccc3)on2)c1. The van der Waals surface area contributed by atoms with Crippen molar-refractivity contribution in [3.8, 4) is 17.1 Å². The van der Waals surface area contributed by atoms with Crippen LogP contribution in [0.2, 0.25) is 0 Å². The van der Waals surface area contributed by atoms with E-state index in [1.807, 2.05) is 36.4 Å². The molecule has 2 aromatic carbocycles. The molecule has 2 N–H and O–H groups in total. The van der Waals surface area contributed by atoms with E-state index in [0.29, 0.717) is 22.8 Å². The molecule has 0 bridgehead atoms. The molecule has 1 aromatic heterocycles. The molecule has 0 aliphatic heterocycles. The molecule has 0 saturated heterocycles. The highest BCUT2D eigenvalue weighted by atomic mass is 16.5. The van der Waals surface area contributed by atoms with E-state index < -0.39 is 5.91 Å². The minimum atomic E-state index is -0.488. The fourth-order valence-electron chi connectivity index (χ4n) is 2.01. The molecular formula is C17H14N2O3. The van der Waals surface area contributed by atoms with E-state index in [1.165, 1.54) is 0 Å². The van der Waals surface area contributed by atoms with Gasteiger partial charge < -0.3 is 15.0 Å². The number of carbonyl (C=O) groups excluding carboxylic acids is 1. The summed E-state index contributed by atoms with van der Waals surface area (Å²) in [6, 6.07) is 18.2. The lowest BCUT2D eigenvalue weighted by Gasteiger charge is -2.04. The number of amides is 1. The number of benzene rings is 2. The number of ether oxygens (including phenoxy) is 1. The third-order valence-corrected chi connectivity index (χ3v) is 3.12. The van der Waals surface area contributed by atoms with Crippen LogP contribution >= 0.6 is 0 Å². The Balaban J connectivity index is 1.69. The zero-order valence-corrected chi connectivity index (χ0v) is 11.7. The first-order valence-electron chi connectivity index (χ1n) is 6.76. The van der Waals surface area contributed by atoms with Crippen LogP contribution in [-0.4, -0.2) is 11.1 Å². The first-order chi connectivity index (χ1) is 10.7. The van der Waals surface area contributed by atoms with Crippen molar-refractivity contribution < 1.29 is 14.1 Å². The van der Waals surface area contributed by atoms with Crippen LogP contribution in [0.5, 0.6) is 5.75 Å². The molecule has 0 atom stereocenters. The Kier molecular flexibility index (Phi) is 3.87. The number of hydrogen-bond acceptors (Lipinski definition) is 4. The minimum Gasteiger partial charge on any atom is -0.487 e. The molecular weight excluding hydrogens is 280 g/mol. The summed E-state index contributed by atoms with van der Waals surface area (Å²) in [6.45, 7) is 0.249. The van der Waals surface area contributed by atoms with Gasteiger partial charge in [-0.25, -0.2) is 0 Å². The highest BCUT2D eigenvalue weighted by Gasteiger charge is 2.08. The second-order valence-corrected chi connectivity index (χ2v) is 4.73. The van der Waals surface area contributed by atoms with Crippen LogP contribution < -0.4 is 10.5 Å². The number of nitrogens with zero attached hydrogens (tertiary/aromatic N) is 1. The first-order valence-corrected chi connectivity index (χ1v) is 6.76. The van der Waals surface area contributed by atoms with Gasteiger partial charge in [-0.1, -0.05) is 41.6 Å². The van der Waals surface area contributed by atoms with Crippen molar-refractivity contribution in [2.75, 3.05) is 0 Å². The van der Waals surface area contributed by atoms with Crippen LogP contribution in [-0.2, 0) is 6.61 Å². The van der Waals surface area contributed by atoms with Gasteiger partial charge in [0.25, 0.3) is 0 Å². The van der Waals surface area contributed by atoms with Crippen LogP contribution in [0.1, 0.15) is 16.1 Å². The van der Waals surface area contributed by atoms with Crippen molar-refractivity contribution in [3.63, 3.8) is 0 Å². The van der Waals surface area contributed by atoms with Crippen molar-refractivity contribution in [3.05, 3.63) is 71.9 Å². The van der Waals surface area contributed by atoms with E-state index in [1.54, 1.807) is 24.3 Å². The Morgan fingerprint density at radius 2 is 1.91 bits per heavy atom. The van der Waals surface area contributed by atoms with Crippen LogP contribution in [0.4, 0.5) is 0 Å². The summed E-state index contributed by atoms with van der Waals surface area (Å²) in [5.41, 5.74) is 7.27. The normalized spacial score (nSPS) is 10.4. The predicted molar refractivity (Wildman–Crippen MR) is 81.2 cm³/mol. The smallest absolute Gasteiger partial charge is 0.248 e. The van der Waals surface area contributed by atoms with Crippen molar-refractivity contribution in [1.82, 2.24) is 5.16 Å². The maximum Gasteiger partial charge on any atom is 0.248 e. The largest absolute Gasteiger partial charge is 0.487 e. The molecule has 1 heterocycles. The molecule has 5 heteroatoms. The Morgan fingerprint density at radius 3 is 2.68 bits per heavy atom. The van der Waals surface area contributed by atoms with E-state index in [-0.39, 0.29) is 6.61 Å². The highest BCUT2D eigenvalue weighted by Crippen LogP contribution is 2.21. The quantitative estimate of drug-likeness (QED) is 0.784. The summed E-state index contributed by atoms with van der Waals surface area (Å²) in [5.74, 6) is 0.754. The third kappa shape index (κ3) is 3.15. The van der Waals surface area contributed by atoms with Crippen LogP contribution in [0.3, 0.4) is 0 Å². The average molecular weight is 294 g/mol. The molecule has 0 fully saturated rings. The zero-order valence-electron chi connectivity index (χ0n) is 11.7. The van der Waals surface area contributed by atoms with Crippen molar-refractivity contribution >= 4 is 5.91 Å². The Morgan fingerprint density at radius 1 is 1.09 bits per heavy atom. The number of carbonyl (C=O) groups is 1. The Labute approximate surface area is 127 Å². The molecule has 0 unspecified atom stereocenters. The summed E-state index contributed by atoms with van der Waals surface area (Å²) in [7, 11) is 0. The van der Waals surface area contributed by atoms with Crippen LogP contribution in [0, 0.1) is 0 Å². The molecule has 110 valence electrons. The lowest BCUT2D eigenvalue weighted by atomic mass is 10.2. The lowest BCUT2D eigenvalue weighted by Crippen LogP contribution is -2.10. The molecule has 0 radical (unpaired) electrons. The number of primary amides is 1. The number of aromatic nitrogens is 1. The third-order valence-electron chi connectivity index (χ3n) is 3.12. The van der Waals surface area contributed by atoms with Gasteiger partial charge in [-0.2, -0.15) is 0 Å². The maximum absolute atomic E-state index is 11.1. The number of nitrogens with two attached hydrogens (primary N) is 1. The van der Waals surface area contributed by atoms with E-state index in [2.05, 4.69) is 5.16 Å². The summed E-state index contributed by atoms with van der Waals surface area (Å²) in [4.78, 5) is 11.1. The van der Waals surface area contributed by atoms with Crippen molar-refractivity contribution in [2.45, 2.75) is 6.61 Å². The van der Waals surface area contributed by atoms with Gasteiger partial charge in [-0.15, -0.1) is 0 Å². The van der Waals surface area contributed by atoms with E-state index in [9.17, 15) is 4.79 Å². The monoisotopic (exact) mass is 294 g/mol. The van der Waals surface area contributed by atoms with E-state index in [4.69, 9.17) is 15.0 Å². The zero-order chi connectivity index (χ0) is 15.4. The summed E-state index contributed by atoms with van der Waals surface area (Å²) in [5, 5.41) is 3.97.